The Hall–Kier alpha value is -1.40. The fourth-order valence-electron chi connectivity index (χ4n) is 1.68. The van der Waals surface area contributed by atoms with Crippen molar-refractivity contribution in [3.05, 3.63) is 35.1 Å². The fourth-order valence-corrected chi connectivity index (χ4v) is 1.68. The van der Waals surface area contributed by atoms with Gasteiger partial charge in [-0.15, -0.1) is 0 Å². The minimum Gasteiger partial charge on any atom is -0.313 e. The van der Waals surface area contributed by atoms with Gasteiger partial charge < -0.3 is 5.32 Å². The van der Waals surface area contributed by atoms with Crippen LogP contribution in [0.25, 0.3) is 0 Å². The molecule has 0 aliphatic rings. The van der Waals surface area contributed by atoms with Gasteiger partial charge in [0, 0.05) is 6.54 Å². The Bertz CT molecular complexity index is 394. The second kappa shape index (κ2) is 7.03. The van der Waals surface area contributed by atoms with Crippen LogP contribution in [0, 0.1) is 23.1 Å². The van der Waals surface area contributed by atoms with Crippen LogP contribution in [0.3, 0.4) is 0 Å². The van der Waals surface area contributed by atoms with E-state index in [1.807, 2.05) is 0 Å². The zero-order valence-corrected chi connectivity index (χ0v) is 10.5. The molecule has 0 heterocycles. The number of nitrogens with zero attached hydrogens (tertiary/aromatic N) is 1. The maximum absolute atomic E-state index is 13.0. The summed E-state index contributed by atoms with van der Waals surface area (Å²) in [5.41, 5.74) is 1.28. The van der Waals surface area contributed by atoms with Gasteiger partial charge in [-0.2, -0.15) is 5.26 Å². The van der Waals surface area contributed by atoms with E-state index in [0.717, 1.165) is 18.5 Å². The average molecular weight is 234 g/mol. The molecule has 1 aromatic carbocycles. The lowest BCUT2D eigenvalue weighted by atomic mass is 10.1. The van der Waals surface area contributed by atoms with Gasteiger partial charge in [-0.3, -0.25) is 0 Å². The van der Waals surface area contributed by atoms with E-state index < -0.39 is 0 Å². The summed E-state index contributed by atoms with van der Waals surface area (Å²) in [4.78, 5) is 0. The van der Waals surface area contributed by atoms with Crippen LogP contribution in [0.15, 0.2) is 18.2 Å². The molecule has 92 valence electrons. The molecule has 2 nitrogen and oxygen atoms in total. The van der Waals surface area contributed by atoms with Crippen molar-refractivity contribution in [1.82, 2.24) is 5.32 Å². The summed E-state index contributed by atoms with van der Waals surface area (Å²) in [6.45, 7) is 5.85. The van der Waals surface area contributed by atoms with Gasteiger partial charge in [0.1, 0.15) is 5.82 Å². The van der Waals surface area contributed by atoms with Crippen LogP contribution in [-0.2, 0) is 6.54 Å². The largest absolute Gasteiger partial charge is 0.313 e. The molecule has 1 N–H and O–H groups in total. The van der Waals surface area contributed by atoms with E-state index in [2.05, 4.69) is 25.2 Å². The molecule has 1 aromatic rings. The molecule has 0 fully saturated rings. The monoisotopic (exact) mass is 234 g/mol. The standard InChI is InChI=1S/C14H19FN2/c1-11(2)4-3-7-17-10-13-8-14(15)6-5-12(13)9-16/h5-6,8,11,17H,3-4,7,10H2,1-2H3. The van der Waals surface area contributed by atoms with Crippen LogP contribution in [0.5, 0.6) is 0 Å². The van der Waals surface area contributed by atoms with Crippen LogP contribution in [0.1, 0.15) is 37.8 Å². The van der Waals surface area contributed by atoms with Gasteiger partial charge in [-0.1, -0.05) is 13.8 Å². The lowest BCUT2D eigenvalue weighted by Gasteiger charge is -2.08. The molecular formula is C14H19FN2. The van der Waals surface area contributed by atoms with Crippen molar-refractivity contribution < 1.29 is 4.39 Å². The zero-order valence-electron chi connectivity index (χ0n) is 10.5. The first-order chi connectivity index (χ1) is 8.13. The first-order valence-electron chi connectivity index (χ1n) is 6.02. The Morgan fingerprint density at radius 1 is 1.41 bits per heavy atom. The summed E-state index contributed by atoms with van der Waals surface area (Å²) >= 11 is 0. The molecule has 0 bridgehead atoms. The van der Waals surface area contributed by atoms with E-state index in [1.54, 1.807) is 0 Å². The van der Waals surface area contributed by atoms with E-state index in [9.17, 15) is 4.39 Å². The molecule has 0 aliphatic heterocycles. The van der Waals surface area contributed by atoms with Crippen molar-refractivity contribution >= 4 is 0 Å². The molecule has 1 rings (SSSR count). The van der Waals surface area contributed by atoms with Gasteiger partial charge in [-0.05, 0) is 49.1 Å². The number of nitriles is 1. The third kappa shape index (κ3) is 4.97. The van der Waals surface area contributed by atoms with Crippen molar-refractivity contribution in [1.29, 1.82) is 5.26 Å². The van der Waals surface area contributed by atoms with Crippen molar-refractivity contribution in [2.75, 3.05) is 6.54 Å². The highest BCUT2D eigenvalue weighted by atomic mass is 19.1. The third-order valence-electron chi connectivity index (χ3n) is 2.64. The molecule has 0 radical (unpaired) electrons. The van der Waals surface area contributed by atoms with Crippen molar-refractivity contribution in [2.45, 2.75) is 33.2 Å². The molecule has 0 aromatic heterocycles. The van der Waals surface area contributed by atoms with E-state index in [-0.39, 0.29) is 5.82 Å². The lowest BCUT2D eigenvalue weighted by Crippen LogP contribution is -2.16. The maximum Gasteiger partial charge on any atom is 0.123 e. The van der Waals surface area contributed by atoms with E-state index in [1.165, 1.54) is 24.6 Å². The van der Waals surface area contributed by atoms with Crippen LogP contribution in [-0.4, -0.2) is 6.54 Å². The Morgan fingerprint density at radius 2 is 2.18 bits per heavy atom. The Kier molecular flexibility index (Phi) is 5.65. The van der Waals surface area contributed by atoms with Gasteiger partial charge in [0.15, 0.2) is 0 Å². The smallest absolute Gasteiger partial charge is 0.123 e. The highest BCUT2D eigenvalue weighted by Gasteiger charge is 2.03. The Morgan fingerprint density at radius 3 is 2.82 bits per heavy atom. The minimum absolute atomic E-state index is 0.289. The second-order valence-electron chi connectivity index (χ2n) is 4.63. The zero-order chi connectivity index (χ0) is 12.7. The number of benzene rings is 1. The molecule has 17 heavy (non-hydrogen) atoms. The number of halogens is 1. The molecular weight excluding hydrogens is 215 g/mol. The number of hydrogen-bond acceptors (Lipinski definition) is 2. The summed E-state index contributed by atoms with van der Waals surface area (Å²) in [5.74, 6) is 0.420. The molecule has 0 spiro atoms. The SMILES string of the molecule is CC(C)CCCNCc1cc(F)ccc1C#N. The average Bonchev–Trinajstić information content (AvgIpc) is 2.28. The lowest BCUT2D eigenvalue weighted by molar-refractivity contribution is 0.526. The minimum atomic E-state index is -0.289. The van der Waals surface area contributed by atoms with E-state index in [4.69, 9.17) is 5.26 Å². The van der Waals surface area contributed by atoms with Gasteiger partial charge in [0.05, 0.1) is 11.6 Å². The van der Waals surface area contributed by atoms with Crippen molar-refractivity contribution in [3.63, 3.8) is 0 Å². The van der Waals surface area contributed by atoms with Crippen LogP contribution < -0.4 is 5.32 Å². The summed E-state index contributed by atoms with van der Waals surface area (Å²) in [7, 11) is 0. The number of rotatable bonds is 6. The summed E-state index contributed by atoms with van der Waals surface area (Å²) in [6.07, 6.45) is 2.29. The Labute approximate surface area is 102 Å². The summed E-state index contributed by atoms with van der Waals surface area (Å²) < 4.78 is 13.0. The molecule has 0 atom stereocenters. The molecule has 0 unspecified atom stereocenters. The van der Waals surface area contributed by atoms with E-state index >= 15 is 0 Å². The molecule has 0 saturated carbocycles. The first kappa shape index (κ1) is 13.7. The van der Waals surface area contributed by atoms with Crippen LogP contribution >= 0.6 is 0 Å². The normalized spacial score (nSPS) is 10.5. The third-order valence-corrected chi connectivity index (χ3v) is 2.64. The van der Waals surface area contributed by atoms with Gasteiger partial charge in [0.2, 0.25) is 0 Å². The highest BCUT2D eigenvalue weighted by molar-refractivity contribution is 5.37. The second-order valence-corrected chi connectivity index (χ2v) is 4.63. The Balaban J connectivity index is 2.41. The quantitative estimate of drug-likeness (QED) is 0.767. The predicted molar refractivity (Wildman–Crippen MR) is 66.9 cm³/mol. The molecule has 3 heteroatoms. The van der Waals surface area contributed by atoms with Crippen molar-refractivity contribution in [2.24, 2.45) is 5.92 Å². The topological polar surface area (TPSA) is 35.8 Å². The van der Waals surface area contributed by atoms with Gasteiger partial charge in [0.25, 0.3) is 0 Å². The summed E-state index contributed by atoms with van der Waals surface area (Å²) in [5, 5.41) is 12.1. The fraction of sp³-hybridized carbons (Fsp3) is 0.500. The van der Waals surface area contributed by atoms with Gasteiger partial charge >= 0.3 is 0 Å². The summed E-state index contributed by atoms with van der Waals surface area (Å²) in [6, 6.07) is 6.35. The highest BCUT2D eigenvalue weighted by Crippen LogP contribution is 2.10. The number of nitrogens with one attached hydrogen (secondary N) is 1. The molecule has 0 amide bonds. The van der Waals surface area contributed by atoms with Crippen LogP contribution in [0.2, 0.25) is 0 Å². The van der Waals surface area contributed by atoms with Crippen molar-refractivity contribution in [3.8, 4) is 6.07 Å². The predicted octanol–water partition coefficient (Wildman–Crippen LogP) is 3.22. The molecule has 0 saturated heterocycles. The van der Waals surface area contributed by atoms with E-state index in [0.29, 0.717) is 18.0 Å². The van der Waals surface area contributed by atoms with Crippen LogP contribution in [0.4, 0.5) is 4.39 Å². The van der Waals surface area contributed by atoms with Gasteiger partial charge in [-0.25, -0.2) is 4.39 Å². The first-order valence-corrected chi connectivity index (χ1v) is 6.02. The molecule has 0 aliphatic carbocycles. The maximum atomic E-state index is 13.0. The number of hydrogen-bond donors (Lipinski definition) is 1.